The van der Waals surface area contributed by atoms with Crippen LogP contribution >= 0.6 is 23.4 Å². The summed E-state index contributed by atoms with van der Waals surface area (Å²) in [4.78, 5) is 26.6. The van der Waals surface area contributed by atoms with Crippen LogP contribution in [0.4, 0.5) is 0 Å². The van der Waals surface area contributed by atoms with E-state index in [9.17, 15) is 18.0 Å². The lowest BCUT2D eigenvalue weighted by atomic mass is 9.99. The number of hydrogen-bond acceptors (Lipinski definition) is 5. The molecule has 2 heterocycles. The van der Waals surface area contributed by atoms with Crippen molar-refractivity contribution >= 4 is 45.2 Å². The quantitative estimate of drug-likeness (QED) is 0.740. The number of hydrogen-bond donors (Lipinski definition) is 1. The van der Waals surface area contributed by atoms with Gasteiger partial charge in [0.25, 0.3) is 0 Å². The largest absolute Gasteiger partial charge is 0.347 e. The van der Waals surface area contributed by atoms with Gasteiger partial charge in [0, 0.05) is 42.7 Å². The van der Waals surface area contributed by atoms with Crippen LogP contribution in [0.15, 0.2) is 29.2 Å². The zero-order valence-corrected chi connectivity index (χ0v) is 17.9. The number of nitrogens with one attached hydrogen (secondary N) is 1. The fraction of sp³-hybridized carbons (Fsp3) is 0.556. The zero-order valence-electron chi connectivity index (χ0n) is 15.5. The van der Waals surface area contributed by atoms with E-state index >= 15 is 0 Å². The minimum atomic E-state index is -3.68. The van der Waals surface area contributed by atoms with Gasteiger partial charge >= 0.3 is 0 Å². The monoisotopic (exact) mass is 445 g/mol. The van der Waals surface area contributed by atoms with E-state index in [2.05, 4.69) is 5.32 Å². The van der Waals surface area contributed by atoms with E-state index in [1.54, 1.807) is 4.90 Å². The van der Waals surface area contributed by atoms with Crippen LogP contribution in [0.1, 0.15) is 12.8 Å². The summed E-state index contributed by atoms with van der Waals surface area (Å²) in [6.07, 6.45) is 1.20. The van der Waals surface area contributed by atoms with Crippen molar-refractivity contribution in [1.82, 2.24) is 14.5 Å². The Labute approximate surface area is 174 Å². The number of amides is 2. The summed E-state index contributed by atoms with van der Waals surface area (Å²) in [5.74, 6) is 1.02. The van der Waals surface area contributed by atoms with Gasteiger partial charge in [0.15, 0.2) is 0 Å². The minimum absolute atomic E-state index is 0.0378. The van der Waals surface area contributed by atoms with E-state index in [0.29, 0.717) is 37.5 Å². The highest BCUT2D eigenvalue weighted by molar-refractivity contribution is 7.99. The Morgan fingerprint density at radius 1 is 1.14 bits per heavy atom. The summed E-state index contributed by atoms with van der Waals surface area (Å²) in [7, 11) is -3.68. The highest BCUT2D eigenvalue weighted by Crippen LogP contribution is 2.24. The van der Waals surface area contributed by atoms with Gasteiger partial charge in [-0.1, -0.05) is 11.6 Å². The fourth-order valence-corrected chi connectivity index (χ4v) is 5.91. The molecule has 154 valence electrons. The van der Waals surface area contributed by atoms with Gasteiger partial charge in [-0.05, 0) is 37.1 Å². The summed E-state index contributed by atoms with van der Waals surface area (Å²) in [5.41, 5.74) is 0. The summed E-state index contributed by atoms with van der Waals surface area (Å²) in [5, 5.41) is 3.16. The first-order valence-electron chi connectivity index (χ1n) is 9.27. The summed E-state index contributed by atoms with van der Waals surface area (Å²) in [6, 6.07) is 6.01. The number of thioether (sulfide) groups is 1. The maximum atomic E-state index is 12.8. The van der Waals surface area contributed by atoms with E-state index < -0.39 is 15.9 Å². The van der Waals surface area contributed by atoms with E-state index in [1.807, 2.05) is 11.8 Å². The van der Waals surface area contributed by atoms with Crippen molar-refractivity contribution in [2.24, 2.45) is 5.92 Å². The number of carbonyl (C=O) groups excluding carboxylic acids is 2. The molecule has 0 aromatic heterocycles. The Balaban J connectivity index is 1.57. The summed E-state index contributed by atoms with van der Waals surface area (Å²) >= 11 is 7.65. The molecule has 0 radical (unpaired) electrons. The van der Waals surface area contributed by atoms with Gasteiger partial charge in [-0.2, -0.15) is 16.1 Å². The molecule has 0 unspecified atom stereocenters. The molecule has 2 fully saturated rings. The minimum Gasteiger partial charge on any atom is -0.347 e. The highest BCUT2D eigenvalue weighted by Gasteiger charge is 2.33. The lowest BCUT2D eigenvalue weighted by Crippen LogP contribution is -2.48. The molecule has 7 nitrogen and oxygen atoms in total. The second-order valence-corrected chi connectivity index (χ2v) is 10.5. The van der Waals surface area contributed by atoms with Crippen molar-refractivity contribution < 1.29 is 18.0 Å². The van der Waals surface area contributed by atoms with E-state index in [0.717, 1.165) is 11.5 Å². The molecule has 28 heavy (non-hydrogen) atoms. The predicted octanol–water partition coefficient (Wildman–Crippen LogP) is 1.43. The van der Waals surface area contributed by atoms with E-state index in [-0.39, 0.29) is 29.8 Å². The van der Waals surface area contributed by atoms with Crippen molar-refractivity contribution in [3.63, 3.8) is 0 Å². The molecule has 10 heteroatoms. The smallest absolute Gasteiger partial charge is 0.243 e. The van der Waals surface area contributed by atoms with Gasteiger partial charge in [0.1, 0.15) is 0 Å². The average molecular weight is 446 g/mol. The second-order valence-electron chi connectivity index (χ2n) is 6.87. The number of sulfonamides is 1. The first-order chi connectivity index (χ1) is 13.4. The van der Waals surface area contributed by atoms with Gasteiger partial charge in [-0.25, -0.2) is 8.42 Å². The van der Waals surface area contributed by atoms with Crippen molar-refractivity contribution in [2.45, 2.75) is 17.7 Å². The molecule has 1 N–H and O–H groups in total. The van der Waals surface area contributed by atoms with Gasteiger partial charge in [0.05, 0.1) is 17.4 Å². The molecule has 2 saturated heterocycles. The molecular weight excluding hydrogens is 422 g/mol. The maximum absolute atomic E-state index is 12.8. The van der Waals surface area contributed by atoms with Crippen LogP contribution in [-0.4, -0.2) is 73.7 Å². The van der Waals surface area contributed by atoms with Crippen LogP contribution in [0.3, 0.4) is 0 Å². The standard InChI is InChI=1S/C18H24ClN3O4S2/c19-15-3-5-16(6-4-15)28(25,26)22-7-1-2-14(13-22)18(24)20-12-17(23)21-8-10-27-11-9-21/h3-6,14H,1-2,7-13H2,(H,20,24)/t14-/m0/s1. The SMILES string of the molecule is O=C(NCC(=O)N1CCSCC1)[C@H]1CCCN(S(=O)(=O)c2ccc(Cl)cc2)C1. The fourth-order valence-electron chi connectivity index (χ4n) is 3.36. The highest BCUT2D eigenvalue weighted by atomic mass is 35.5. The molecule has 3 rings (SSSR count). The van der Waals surface area contributed by atoms with Gasteiger partial charge < -0.3 is 10.2 Å². The average Bonchev–Trinajstić information content (AvgIpc) is 2.72. The molecule has 0 bridgehead atoms. The number of halogens is 1. The zero-order chi connectivity index (χ0) is 20.1. The topological polar surface area (TPSA) is 86.8 Å². The van der Waals surface area contributed by atoms with Crippen LogP contribution in [0.2, 0.25) is 5.02 Å². The molecule has 2 aliphatic rings. The maximum Gasteiger partial charge on any atom is 0.243 e. The van der Waals surface area contributed by atoms with E-state index in [1.165, 1.54) is 28.6 Å². The molecule has 1 atom stereocenters. The molecule has 2 aliphatic heterocycles. The van der Waals surface area contributed by atoms with Crippen LogP contribution in [0, 0.1) is 5.92 Å². The number of nitrogens with zero attached hydrogens (tertiary/aromatic N) is 2. The summed E-state index contributed by atoms with van der Waals surface area (Å²) < 4.78 is 27.0. The number of benzene rings is 1. The molecule has 0 aliphatic carbocycles. The molecule has 1 aromatic rings. The molecule has 0 spiro atoms. The third-order valence-corrected chi connectivity index (χ3v) is 8.06. The lowest BCUT2D eigenvalue weighted by Gasteiger charge is -2.31. The number of rotatable bonds is 5. The van der Waals surface area contributed by atoms with Crippen LogP contribution in [0.5, 0.6) is 0 Å². The third-order valence-electron chi connectivity index (χ3n) is 4.98. The molecule has 2 amide bonds. The van der Waals surface area contributed by atoms with Crippen LogP contribution < -0.4 is 5.32 Å². The van der Waals surface area contributed by atoms with Crippen molar-refractivity contribution in [3.05, 3.63) is 29.3 Å². The molecule has 0 saturated carbocycles. The van der Waals surface area contributed by atoms with Gasteiger partial charge in [0.2, 0.25) is 21.8 Å². The Hall–Kier alpha value is -1.29. The number of piperidine rings is 1. The molecular formula is C18H24ClN3O4S2. The Bertz CT molecular complexity index is 811. The lowest BCUT2D eigenvalue weighted by molar-refractivity contribution is -0.134. The third kappa shape index (κ3) is 5.20. The second kappa shape index (κ2) is 9.47. The Morgan fingerprint density at radius 3 is 2.50 bits per heavy atom. The predicted molar refractivity (Wildman–Crippen MR) is 110 cm³/mol. The molecule has 1 aromatic carbocycles. The Kier molecular flexibility index (Phi) is 7.25. The summed E-state index contributed by atoms with van der Waals surface area (Å²) in [6.45, 7) is 1.86. The first kappa shape index (κ1) is 21.4. The van der Waals surface area contributed by atoms with Gasteiger partial charge in [-0.3, -0.25) is 9.59 Å². The van der Waals surface area contributed by atoms with E-state index in [4.69, 9.17) is 11.6 Å². The van der Waals surface area contributed by atoms with Crippen molar-refractivity contribution in [3.8, 4) is 0 Å². The van der Waals surface area contributed by atoms with Gasteiger partial charge in [-0.15, -0.1) is 0 Å². The first-order valence-corrected chi connectivity index (χ1v) is 12.2. The van der Waals surface area contributed by atoms with Crippen LogP contribution in [-0.2, 0) is 19.6 Å². The Morgan fingerprint density at radius 2 is 1.82 bits per heavy atom. The number of carbonyl (C=O) groups is 2. The van der Waals surface area contributed by atoms with Crippen LogP contribution in [0.25, 0.3) is 0 Å². The van der Waals surface area contributed by atoms with Crippen molar-refractivity contribution in [1.29, 1.82) is 0 Å². The van der Waals surface area contributed by atoms with Crippen molar-refractivity contribution in [2.75, 3.05) is 44.2 Å². The normalized spacial score (nSPS) is 21.3.